The van der Waals surface area contributed by atoms with Gasteiger partial charge in [0.25, 0.3) is 5.91 Å². The van der Waals surface area contributed by atoms with Crippen LogP contribution >= 0.6 is 23.2 Å². The molecule has 0 radical (unpaired) electrons. The molecule has 0 atom stereocenters. The van der Waals surface area contributed by atoms with Crippen molar-refractivity contribution in [2.45, 2.75) is 6.54 Å². The Hall–Kier alpha value is -2.04. The second-order valence-electron chi connectivity index (χ2n) is 4.63. The first kappa shape index (κ1) is 13.9. The number of benzene rings is 2. The van der Waals surface area contributed by atoms with E-state index in [0.29, 0.717) is 27.8 Å². The van der Waals surface area contributed by atoms with Crippen molar-refractivity contribution >= 4 is 40.5 Å². The maximum atomic E-state index is 12.3. The highest BCUT2D eigenvalue weighted by Crippen LogP contribution is 2.32. The molecule has 1 amide bonds. The highest BCUT2D eigenvalue weighted by Gasteiger charge is 2.34. The van der Waals surface area contributed by atoms with Gasteiger partial charge in [-0.3, -0.25) is 4.79 Å². The van der Waals surface area contributed by atoms with Crippen molar-refractivity contribution < 1.29 is 10.0 Å². The molecule has 6 heteroatoms. The van der Waals surface area contributed by atoms with E-state index >= 15 is 0 Å². The summed E-state index contributed by atoms with van der Waals surface area (Å²) in [6.45, 7) is 0.365. The summed E-state index contributed by atoms with van der Waals surface area (Å²) in [5.74, 6) is -0.357. The van der Waals surface area contributed by atoms with Gasteiger partial charge >= 0.3 is 0 Å². The number of anilines is 1. The van der Waals surface area contributed by atoms with Crippen LogP contribution in [0, 0.1) is 0 Å². The molecule has 3 rings (SSSR count). The lowest BCUT2D eigenvalue weighted by molar-refractivity contribution is -0.112. The van der Waals surface area contributed by atoms with Crippen molar-refractivity contribution in [3.05, 3.63) is 63.6 Å². The molecule has 0 bridgehead atoms. The molecule has 1 heterocycles. The van der Waals surface area contributed by atoms with Crippen LogP contribution < -0.4 is 4.90 Å². The molecule has 0 spiro atoms. The molecule has 4 nitrogen and oxygen atoms in total. The van der Waals surface area contributed by atoms with Crippen LogP contribution in [0.5, 0.6) is 0 Å². The summed E-state index contributed by atoms with van der Waals surface area (Å²) in [5.41, 5.74) is 2.13. The smallest absolute Gasteiger partial charge is 0.281 e. The van der Waals surface area contributed by atoms with E-state index in [4.69, 9.17) is 28.4 Å². The maximum Gasteiger partial charge on any atom is 0.281 e. The second kappa shape index (κ2) is 5.39. The van der Waals surface area contributed by atoms with Crippen LogP contribution in [0.4, 0.5) is 5.69 Å². The lowest BCUT2D eigenvalue weighted by Gasteiger charge is -2.17. The molecular formula is C15H10Cl2N2O2. The molecule has 0 saturated carbocycles. The minimum atomic E-state index is -0.357. The Morgan fingerprint density at radius 2 is 1.71 bits per heavy atom. The fourth-order valence-corrected chi connectivity index (χ4v) is 2.61. The molecule has 0 unspecified atom stereocenters. The summed E-state index contributed by atoms with van der Waals surface area (Å²) < 4.78 is 0. The van der Waals surface area contributed by atoms with Crippen molar-refractivity contribution in [2.75, 3.05) is 4.90 Å². The fraction of sp³-hybridized carbons (Fsp3) is 0.0667. The summed E-state index contributed by atoms with van der Waals surface area (Å²) in [5, 5.41) is 13.3. The molecule has 0 saturated heterocycles. The van der Waals surface area contributed by atoms with E-state index in [1.54, 1.807) is 35.2 Å². The number of carbonyl (C=O) groups excluding carboxylic acids is 1. The van der Waals surface area contributed by atoms with Gasteiger partial charge in [-0.1, -0.05) is 40.5 Å². The summed E-state index contributed by atoms with van der Waals surface area (Å²) >= 11 is 11.8. The Balaban J connectivity index is 2.00. The maximum absolute atomic E-state index is 12.3. The number of amides is 1. The molecule has 0 aromatic heterocycles. The quantitative estimate of drug-likeness (QED) is 0.677. The largest absolute Gasteiger partial charge is 0.410 e. The van der Waals surface area contributed by atoms with Gasteiger partial charge in [-0.05, 0) is 35.9 Å². The van der Waals surface area contributed by atoms with E-state index in [-0.39, 0.29) is 11.6 Å². The first-order valence-electron chi connectivity index (χ1n) is 6.18. The third-order valence-corrected chi connectivity index (χ3v) is 3.79. The van der Waals surface area contributed by atoms with Gasteiger partial charge < -0.3 is 10.1 Å². The Morgan fingerprint density at radius 3 is 2.38 bits per heavy atom. The van der Waals surface area contributed by atoms with Gasteiger partial charge in [0.05, 0.1) is 12.2 Å². The highest BCUT2D eigenvalue weighted by molar-refractivity contribution is 6.54. The van der Waals surface area contributed by atoms with Crippen LogP contribution in [0.25, 0.3) is 0 Å². The van der Waals surface area contributed by atoms with Gasteiger partial charge in [0.15, 0.2) is 5.71 Å². The monoisotopic (exact) mass is 320 g/mol. The van der Waals surface area contributed by atoms with Crippen LogP contribution in [0.15, 0.2) is 47.6 Å². The van der Waals surface area contributed by atoms with E-state index in [9.17, 15) is 4.79 Å². The Kier molecular flexibility index (Phi) is 3.57. The first-order chi connectivity index (χ1) is 10.1. The molecule has 106 valence electrons. The van der Waals surface area contributed by atoms with Gasteiger partial charge in [0.1, 0.15) is 0 Å². The molecule has 1 aliphatic rings. The zero-order chi connectivity index (χ0) is 15.0. The van der Waals surface area contributed by atoms with Crippen molar-refractivity contribution in [2.24, 2.45) is 5.16 Å². The molecule has 2 aromatic rings. The fourth-order valence-electron chi connectivity index (χ4n) is 2.31. The Bertz CT molecular complexity index is 742. The number of halogens is 2. The van der Waals surface area contributed by atoms with Crippen molar-refractivity contribution in [3.63, 3.8) is 0 Å². The van der Waals surface area contributed by atoms with Gasteiger partial charge in [-0.25, -0.2) is 0 Å². The van der Waals surface area contributed by atoms with Gasteiger partial charge in [0.2, 0.25) is 0 Å². The topological polar surface area (TPSA) is 52.9 Å². The molecule has 0 fully saturated rings. The number of rotatable bonds is 2. The van der Waals surface area contributed by atoms with Crippen molar-refractivity contribution in [1.82, 2.24) is 0 Å². The molecule has 2 aromatic carbocycles. The second-order valence-corrected chi connectivity index (χ2v) is 5.50. The van der Waals surface area contributed by atoms with Gasteiger partial charge in [-0.2, -0.15) is 0 Å². The van der Waals surface area contributed by atoms with Crippen LogP contribution in [-0.2, 0) is 11.3 Å². The molecule has 0 aliphatic carbocycles. The summed E-state index contributed by atoms with van der Waals surface area (Å²) in [4.78, 5) is 13.9. The summed E-state index contributed by atoms with van der Waals surface area (Å²) in [6, 6.07) is 12.3. The van der Waals surface area contributed by atoms with E-state index in [0.717, 1.165) is 5.56 Å². The number of fused-ring (bicyclic) bond motifs is 1. The third-order valence-electron chi connectivity index (χ3n) is 3.31. The predicted molar refractivity (Wildman–Crippen MR) is 82.4 cm³/mol. The number of hydrogen-bond donors (Lipinski definition) is 1. The highest BCUT2D eigenvalue weighted by atomic mass is 35.5. The van der Waals surface area contributed by atoms with Crippen LogP contribution in [-0.4, -0.2) is 16.8 Å². The lowest BCUT2D eigenvalue weighted by Crippen LogP contribution is -2.29. The zero-order valence-electron chi connectivity index (χ0n) is 10.8. The number of nitrogens with zero attached hydrogens (tertiary/aromatic N) is 2. The lowest BCUT2D eigenvalue weighted by atomic mass is 10.1. The average molecular weight is 321 g/mol. The van der Waals surface area contributed by atoms with Crippen LogP contribution in [0.1, 0.15) is 11.1 Å². The molecule has 1 aliphatic heterocycles. The zero-order valence-corrected chi connectivity index (χ0v) is 12.3. The minimum Gasteiger partial charge on any atom is -0.410 e. The normalized spacial score (nSPS) is 15.6. The Morgan fingerprint density at radius 1 is 1.05 bits per heavy atom. The van der Waals surface area contributed by atoms with Crippen LogP contribution in [0.2, 0.25) is 10.0 Å². The van der Waals surface area contributed by atoms with E-state index in [1.165, 1.54) is 0 Å². The standard InChI is InChI=1S/C15H10Cl2N2O2/c16-10-3-1-9(2-4-10)8-19-13-6-5-11(17)7-12(13)14(18-21)15(19)20/h1-7,21H,8H2/b18-14-. The van der Waals surface area contributed by atoms with E-state index < -0.39 is 0 Å². The van der Waals surface area contributed by atoms with Crippen LogP contribution in [0.3, 0.4) is 0 Å². The molecular weight excluding hydrogens is 311 g/mol. The van der Waals surface area contributed by atoms with Crippen molar-refractivity contribution in [3.8, 4) is 0 Å². The SMILES string of the molecule is O=C1/C(=N\O)c2cc(Cl)ccc2N1Cc1ccc(Cl)cc1. The molecule has 1 N–H and O–H groups in total. The van der Waals surface area contributed by atoms with E-state index in [2.05, 4.69) is 5.16 Å². The first-order valence-corrected chi connectivity index (χ1v) is 6.94. The predicted octanol–water partition coefficient (Wildman–Crippen LogP) is 3.72. The molecule has 21 heavy (non-hydrogen) atoms. The van der Waals surface area contributed by atoms with E-state index in [1.807, 2.05) is 12.1 Å². The van der Waals surface area contributed by atoms with Gasteiger partial charge in [0, 0.05) is 15.6 Å². The third kappa shape index (κ3) is 2.48. The number of oxime groups is 1. The summed E-state index contributed by atoms with van der Waals surface area (Å²) in [6.07, 6.45) is 0. The van der Waals surface area contributed by atoms with Crippen molar-refractivity contribution in [1.29, 1.82) is 0 Å². The number of hydrogen-bond acceptors (Lipinski definition) is 3. The summed E-state index contributed by atoms with van der Waals surface area (Å²) in [7, 11) is 0. The minimum absolute atomic E-state index is 0.00136. The van der Waals surface area contributed by atoms with Gasteiger partial charge in [-0.15, -0.1) is 0 Å². The average Bonchev–Trinajstić information content (AvgIpc) is 2.73. The number of carbonyl (C=O) groups is 1. The Labute approximate surface area is 131 Å².